The number of amides is 2. The summed E-state index contributed by atoms with van der Waals surface area (Å²) in [6.45, 7) is 3.32. The minimum atomic E-state index is -0.558. The van der Waals surface area contributed by atoms with E-state index in [2.05, 4.69) is 16.4 Å². The van der Waals surface area contributed by atoms with Crippen molar-refractivity contribution in [3.63, 3.8) is 0 Å². The summed E-state index contributed by atoms with van der Waals surface area (Å²) in [5.74, 6) is -0.326. The summed E-state index contributed by atoms with van der Waals surface area (Å²) in [6, 6.07) is 8.45. The van der Waals surface area contributed by atoms with E-state index in [0.29, 0.717) is 16.7 Å². The van der Waals surface area contributed by atoms with Crippen LogP contribution in [0, 0.1) is 16.7 Å². The number of fused-ring (bicyclic) bond motifs is 1. The van der Waals surface area contributed by atoms with Crippen LogP contribution >= 0.6 is 0 Å². The monoisotopic (exact) mass is 350 g/mol. The number of aromatic nitrogens is 1. The smallest absolute Gasteiger partial charge is 0.268 e. The van der Waals surface area contributed by atoms with Crippen LogP contribution in [0.3, 0.4) is 0 Å². The Bertz CT molecular complexity index is 910. The summed E-state index contributed by atoms with van der Waals surface area (Å²) in [5.41, 5.74) is 2.25. The molecule has 134 valence electrons. The normalized spacial score (nSPS) is 19.2. The van der Waals surface area contributed by atoms with E-state index >= 15 is 0 Å². The third-order valence-electron chi connectivity index (χ3n) is 5.81. The first kappa shape index (κ1) is 16.6. The van der Waals surface area contributed by atoms with E-state index in [4.69, 9.17) is 5.26 Å². The van der Waals surface area contributed by atoms with Crippen molar-refractivity contribution in [2.24, 2.45) is 5.41 Å². The quantitative estimate of drug-likeness (QED) is 0.891. The molecular weight excluding hydrogens is 328 g/mol. The summed E-state index contributed by atoms with van der Waals surface area (Å²) in [6.07, 6.45) is 4.77. The molecule has 1 aromatic carbocycles. The number of rotatable bonds is 3. The molecule has 0 radical (unpaired) electrons. The van der Waals surface area contributed by atoms with E-state index in [1.807, 2.05) is 4.90 Å². The van der Waals surface area contributed by atoms with Gasteiger partial charge in [-0.15, -0.1) is 0 Å². The highest BCUT2D eigenvalue weighted by molar-refractivity contribution is 6.00. The van der Waals surface area contributed by atoms with E-state index in [1.54, 1.807) is 31.2 Å². The molecule has 1 saturated carbocycles. The number of nitrogens with one attached hydrogen (secondary N) is 2. The van der Waals surface area contributed by atoms with Gasteiger partial charge >= 0.3 is 0 Å². The number of carbonyl (C=O) groups is 2. The zero-order valence-corrected chi connectivity index (χ0v) is 14.8. The number of H-pyrrole nitrogens is 1. The van der Waals surface area contributed by atoms with Gasteiger partial charge in [0.15, 0.2) is 0 Å². The maximum Gasteiger partial charge on any atom is 0.268 e. The van der Waals surface area contributed by atoms with Gasteiger partial charge in [0.25, 0.3) is 5.91 Å². The van der Waals surface area contributed by atoms with E-state index in [9.17, 15) is 9.59 Å². The van der Waals surface area contributed by atoms with Crippen LogP contribution in [0.25, 0.3) is 10.9 Å². The lowest BCUT2D eigenvalue weighted by atomic mass is 9.93. The predicted octanol–water partition coefficient (Wildman–Crippen LogP) is 2.56. The Hall–Kier alpha value is -2.81. The molecule has 2 aliphatic rings. The van der Waals surface area contributed by atoms with Gasteiger partial charge in [0.1, 0.15) is 11.7 Å². The summed E-state index contributed by atoms with van der Waals surface area (Å²) in [7, 11) is 0. The fourth-order valence-corrected chi connectivity index (χ4v) is 3.81. The van der Waals surface area contributed by atoms with Gasteiger partial charge in [-0.3, -0.25) is 9.59 Å². The molecule has 2 aromatic rings. The second-order valence-electron chi connectivity index (χ2n) is 7.62. The molecule has 1 aromatic heterocycles. The molecule has 2 fully saturated rings. The molecule has 2 heterocycles. The Balaban J connectivity index is 1.40. The fraction of sp³-hybridized carbons (Fsp3) is 0.450. The number of piperidine rings is 1. The highest BCUT2D eigenvalue weighted by Gasteiger charge is 2.45. The van der Waals surface area contributed by atoms with Crippen molar-refractivity contribution in [3.8, 4) is 6.07 Å². The number of aromatic amines is 1. The predicted molar refractivity (Wildman–Crippen MR) is 97.4 cm³/mol. The van der Waals surface area contributed by atoms with Crippen LogP contribution in [0.15, 0.2) is 24.3 Å². The molecule has 1 aliphatic carbocycles. The average Bonchev–Trinajstić information content (AvgIpc) is 3.26. The molecule has 6 nitrogen and oxygen atoms in total. The number of benzene rings is 1. The first-order chi connectivity index (χ1) is 12.5. The summed E-state index contributed by atoms with van der Waals surface area (Å²) in [4.78, 5) is 30.0. The first-order valence-electron chi connectivity index (χ1n) is 9.12. The van der Waals surface area contributed by atoms with Gasteiger partial charge in [0.2, 0.25) is 5.91 Å². The Morgan fingerprint density at radius 2 is 1.96 bits per heavy atom. The van der Waals surface area contributed by atoms with Crippen LogP contribution in [0.2, 0.25) is 0 Å². The molecule has 0 bridgehead atoms. The molecule has 1 aliphatic heterocycles. The topological polar surface area (TPSA) is 89.0 Å². The van der Waals surface area contributed by atoms with Gasteiger partial charge < -0.3 is 15.2 Å². The maximum atomic E-state index is 12.6. The lowest BCUT2D eigenvalue weighted by Gasteiger charge is -2.33. The number of carbonyl (C=O) groups excluding carboxylic acids is 2. The molecular formula is C20H22N4O2. The van der Waals surface area contributed by atoms with E-state index < -0.39 is 6.04 Å². The molecule has 2 amide bonds. The van der Waals surface area contributed by atoms with Gasteiger partial charge in [0, 0.05) is 24.0 Å². The lowest BCUT2D eigenvalue weighted by Crippen LogP contribution is -2.49. The zero-order chi connectivity index (χ0) is 18.3. The van der Waals surface area contributed by atoms with Crippen molar-refractivity contribution >= 4 is 22.7 Å². The number of hydrogen-bond donors (Lipinski definition) is 2. The Morgan fingerprint density at radius 1 is 1.23 bits per heavy atom. The third-order valence-corrected chi connectivity index (χ3v) is 5.81. The number of hydrogen-bond acceptors (Lipinski definition) is 3. The molecule has 0 unspecified atom stereocenters. The first-order valence-corrected chi connectivity index (χ1v) is 9.12. The van der Waals surface area contributed by atoms with Crippen LogP contribution in [0.5, 0.6) is 0 Å². The number of nitrogens with zero attached hydrogens (tertiary/aromatic N) is 2. The lowest BCUT2D eigenvalue weighted by molar-refractivity contribution is -0.134. The van der Waals surface area contributed by atoms with Crippen molar-refractivity contribution in [3.05, 3.63) is 35.5 Å². The number of likely N-dealkylation sites (tertiary alicyclic amines) is 1. The van der Waals surface area contributed by atoms with Crippen LogP contribution in [0.4, 0.5) is 0 Å². The molecule has 1 atom stereocenters. The third kappa shape index (κ3) is 3.05. The van der Waals surface area contributed by atoms with Crippen LogP contribution in [-0.2, 0) is 4.79 Å². The molecule has 2 N–H and O–H groups in total. The largest absolute Gasteiger partial charge is 0.351 e. The van der Waals surface area contributed by atoms with Gasteiger partial charge in [-0.1, -0.05) is 0 Å². The average molecular weight is 350 g/mol. The minimum Gasteiger partial charge on any atom is -0.351 e. The zero-order valence-electron chi connectivity index (χ0n) is 14.8. The maximum absolute atomic E-state index is 12.6. The standard InChI is InChI=1S/C20H22N4O2/c1-13(19(26)24-8-6-20(4-5-20)7-9-24)22-18(25)17-11-15-10-14(12-21)2-3-16(15)23-17/h2-3,10-11,13,23H,4-9H2,1H3,(H,22,25)/t13-/m1/s1. The Labute approximate surface area is 152 Å². The molecule has 1 spiro atoms. The summed E-state index contributed by atoms with van der Waals surface area (Å²) < 4.78 is 0. The highest BCUT2D eigenvalue weighted by Crippen LogP contribution is 2.53. The minimum absolute atomic E-state index is 0.0169. The second-order valence-corrected chi connectivity index (χ2v) is 7.62. The van der Waals surface area contributed by atoms with Crippen molar-refractivity contribution in [2.75, 3.05) is 13.1 Å². The van der Waals surface area contributed by atoms with Crippen LogP contribution in [-0.4, -0.2) is 40.8 Å². The Kier molecular flexibility index (Phi) is 3.95. The summed E-state index contributed by atoms with van der Waals surface area (Å²) >= 11 is 0. The molecule has 26 heavy (non-hydrogen) atoms. The van der Waals surface area contributed by atoms with Crippen LogP contribution in [0.1, 0.15) is 48.7 Å². The van der Waals surface area contributed by atoms with Crippen molar-refractivity contribution < 1.29 is 9.59 Å². The fourth-order valence-electron chi connectivity index (χ4n) is 3.81. The summed E-state index contributed by atoms with van der Waals surface area (Å²) in [5, 5.41) is 12.6. The van der Waals surface area contributed by atoms with Gasteiger partial charge in [-0.05, 0) is 62.3 Å². The second kappa shape index (κ2) is 6.17. The highest BCUT2D eigenvalue weighted by atomic mass is 16.2. The van der Waals surface area contributed by atoms with E-state index in [-0.39, 0.29) is 11.8 Å². The number of nitriles is 1. The van der Waals surface area contributed by atoms with E-state index in [0.717, 1.165) is 36.8 Å². The van der Waals surface area contributed by atoms with Crippen molar-refractivity contribution in [1.29, 1.82) is 5.26 Å². The van der Waals surface area contributed by atoms with Crippen molar-refractivity contribution in [1.82, 2.24) is 15.2 Å². The molecule has 4 rings (SSSR count). The van der Waals surface area contributed by atoms with E-state index in [1.165, 1.54) is 12.8 Å². The van der Waals surface area contributed by atoms with Gasteiger partial charge in [-0.25, -0.2) is 0 Å². The molecule has 6 heteroatoms. The van der Waals surface area contributed by atoms with Crippen LogP contribution < -0.4 is 5.32 Å². The molecule has 1 saturated heterocycles. The Morgan fingerprint density at radius 3 is 2.62 bits per heavy atom. The SMILES string of the molecule is C[C@@H](NC(=O)c1cc2cc(C#N)ccc2[nH]1)C(=O)N1CCC2(CC1)CC2. The van der Waals surface area contributed by atoms with Gasteiger partial charge in [0.05, 0.1) is 11.6 Å². The van der Waals surface area contributed by atoms with Gasteiger partial charge in [-0.2, -0.15) is 5.26 Å². The van der Waals surface area contributed by atoms with Crippen molar-refractivity contribution in [2.45, 2.75) is 38.6 Å².